The molecule has 1 fully saturated rings. The fourth-order valence-electron chi connectivity index (χ4n) is 4.13. The minimum atomic E-state index is -3.63. The number of hydrogen-bond acceptors (Lipinski definition) is 5. The maximum Gasteiger partial charge on any atom is 0.339 e. The van der Waals surface area contributed by atoms with E-state index in [0.717, 1.165) is 25.7 Å². The van der Waals surface area contributed by atoms with Crippen molar-refractivity contribution in [3.05, 3.63) is 59.2 Å². The van der Waals surface area contributed by atoms with E-state index in [0.29, 0.717) is 35.5 Å². The van der Waals surface area contributed by atoms with Gasteiger partial charge in [0.25, 0.3) is 0 Å². The third kappa shape index (κ3) is 4.50. The first-order chi connectivity index (χ1) is 14.9. The van der Waals surface area contributed by atoms with Crippen LogP contribution in [0.4, 0.5) is 5.69 Å². The molecule has 2 aliphatic rings. The number of anilines is 1. The van der Waals surface area contributed by atoms with Crippen LogP contribution < -0.4 is 5.32 Å². The Balaban J connectivity index is 1.50. The summed E-state index contributed by atoms with van der Waals surface area (Å²) in [5, 5.41) is 2.76. The van der Waals surface area contributed by atoms with Crippen LogP contribution in [0.2, 0.25) is 0 Å². The molecule has 8 heteroatoms. The van der Waals surface area contributed by atoms with Gasteiger partial charge < -0.3 is 10.1 Å². The van der Waals surface area contributed by atoms with Crippen LogP contribution in [0, 0.1) is 6.92 Å². The van der Waals surface area contributed by atoms with Gasteiger partial charge in [-0.2, -0.15) is 4.31 Å². The predicted molar refractivity (Wildman–Crippen MR) is 116 cm³/mol. The second-order valence-electron chi connectivity index (χ2n) is 8.03. The highest BCUT2D eigenvalue weighted by Crippen LogP contribution is 2.33. The van der Waals surface area contributed by atoms with E-state index in [-0.39, 0.29) is 17.2 Å². The lowest BCUT2D eigenvalue weighted by Gasteiger charge is -2.21. The van der Waals surface area contributed by atoms with Crippen molar-refractivity contribution in [2.75, 3.05) is 18.4 Å². The van der Waals surface area contributed by atoms with Crippen LogP contribution in [0.3, 0.4) is 0 Å². The van der Waals surface area contributed by atoms with Crippen LogP contribution in [0.5, 0.6) is 0 Å². The summed E-state index contributed by atoms with van der Waals surface area (Å²) in [5.74, 6) is -0.786. The number of amides is 1. The van der Waals surface area contributed by atoms with E-state index in [4.69, 9.17) is 4.74 Å². The fourth-order valence-corrected chi connectivity index (χ4v) is 5.90. The van der Waals surface area contributed by atoms with Gasteiger partial charge >= 0.3 is 5.97 Å². The Morgan fingerprint density at radius 2 is 1.81 bits per heavy atom. The molecule has 164 valence electrons. The Kier molecular flexibility index (Phi) is 6.11. The molecule has 2 aromatic rings. The predicted octanol–water partition coefficient (Wildman–Crippen LogP) is 3.80. The molecule has 1 saturated heterocycles. The first kappa shape index (κ1) is 21.5. The number of ether oxygens (including phenoxy) is 1. The number of carbonyl (C=O) groups excluding carboxylic acids is 2. The summed E-state index contributed by atoms with van der Waals surface area (Å²) >= 11 is 0. The molecule has 1 N–H and O–H groups in total. The Morgan fingerprint density at radius 1 is 1.10 bits per heavy atom. The van der Waals surface area contributed by atoms with Crippen LogP contribution >= 0.6 is 0 Å². The third-order valence-corrected chi connectivity index (χ3v) is 7.84. The highest BCUT2D eigenvalue weighted by Gasteiger charge is 2.32. The number of hydrogen-bond donors (Lipinski definition) is 1. The number of benzene rings is 2. The quantitative estimate of drug-likeness (QED) is 0.711. The first-order valence-corrected chi connectivity index (χ1v) is 12.0. The summed E-state index contributed by atoms with van der Waals surface area (Å²) in [7, 11) is -3.63. The molecule has 0 aromatic heterocycles. The average molecular weight is 443 g/mol. The van der Waals surface area contributed by atoms with E-state index in [9.17, 15) is 18.0 Å². The average Bonchev–Trinajstić information content (AvgIpc) is 2.92. The monoisotopic (exact) mass is 442 g/mol. The number of cyclic esters (lactones) is 1. The Labute approximate surface area is 182 Å². The molecule has 7 nitrogen and oxygen atoms in total. The molecule has 4 rings (SSSR count). The second kappa shape index (κ2) is 8.80. The van der Waals surface area contributed by atoms with Gasteiger partial charge in [0, 0.05) is 24.3 Å². The van der Waals surface area contributed by atoms with Gasteiger partial charge in [0.15, 0.2) is 0 Å². The summed E-state index contributed by atoms with van der Waals surface area (Å²) in [5.41, 5.74) is 2.21. The number of aryl methyl sites for hydroxylation is 1. The highest BCUT2D eigenvalue weighted by atomic mass is 32.2. The Bertz CT molecular complexity index is 1100. The van der Waals surface area contributed by atoms with Crippen molar-refractivity contribution in [1.82, 2.24) is 4.31 Å². The summed E-state index contributed by atoms with van der Waals surface area (Å²) < 4.78 is 33.3. The maximum atomic E-state index is 13.2. The van der Waals surface area contributed by atoms with Gasteiger partial charge in [0.1, 0.15) is 6.10 Å². The number of fused-ring (bicyclic) bond motifs is 1. The minimum Gasteiger partial charge on any atom is -0.453 e. The van der Waals surface area contributed by atoms with Gasteiger partial charge in [0.2, 0.25) is 15.9 Å². The van der Waals surface area contributed by atoms with Crippen molar-refractivity contribution in [1.29, 1.82) is 0 Å². The number of esters is 1. The lowest BCUT2D eigenvalue weighted by atomic mass is 10.0. The van der Waals surface area contributed by atoms with Gasteiger partial charge in [-0.3, -0.25) is 4.79 Å². The second-order valence-corrected chi connectivity index (χ2v) is 9.94. The molecule has 0 bridgehead atoms. The van der Waals surface area contributed by atoms with Crippen molar-refractivity contribution < 1.29 is 22.7 Å². The van der Waals surface area contributed by atoms with Gasteiger partial charge in [-0.1, -0.05) is 37.1 Å². The van der Waals surface area contributed by atoms with Crippen LogP contribution in [0.1, 0.15) is 59.7 Å². The lowest BCUT2D eigenvalue weighted by molar-refractivity contribution is -0.118. The molecule has 31 heavy (non-hydrogen) atoms. The van der Waals surface area contributed by atoms with Crippen molar-refractivity contribution in [3.63, 3.8) is 0 Å². The zero-order valence-electron chi connectivity index (χ0n) is 17.5. The van der Waals surface area contributed by atoms with Crippen molar-refractivity contribution in [2.24, 2.45) is 0 Å². The van der Waals surface area contributed by atoms with E-state index in [2.05, 4.69) is 5.32 Å². The number of nitrogens with zero attached hydrogens (tertiary/aromatic N) is 1. The molecule has 2 aromatic carbocycles. The van der Waals surface area contributed by atoms with E-state index in [1.54, 1.807) is 47.6 Å². The number of nitrogens with one attached hydrogen (secondary N) is 1. The summed E-state index contributed by atoms with van der Waals surface area (Å²) in [4.78, 5) is 24.8. The zero-order valence-corrected chi connectivity index (χ0v) is 18.3. The number of sulfonamides is 1. The maximum absolute atomic E-state index is 13.2. The SMILES string of the molecule is Cc1ccc(NC(=O)C[C@@H]2OC(=O)c3ccccc32)cc1S(=O)(=O)N1CCCCCC1. The molecule has 2 aliphatic heterocycles. The summed E-state index contributed by atoms with van der Waals surface area (Å²) in [6.45, 7) is 2.79. The molecule has 2 heterocycles. The molecule has 0 saturated carbocycles. The van der Waals surface area contributed by atoms with Crippen molar-refractivity contribution >= 4 is 27.6 Å². The molecule has 0 unspecified atom stereocenters. The molecule has 1 atom stereocenters. The minimum absolute atomic E-state index is 0.0369. The van der Waals surface area contributed by atoms with Gasteiger partial charge in [-0.15, -0.1) is 0 Å². The van der Waals surface area contributed by atoms with E-state index < -0.39 is 22.1 Å². The van der Waals surface area contributed by atoms with Crippen LogP contribution in [-0.4, -0.2) is 37.7 Å². The summed E-state index contributed by atoms with van der Waals surface area (Å²) in [6.07, 6.45) is 3.11. The Hall–Kier alpha value is -2.71. The van der Waals surface area contributed by atoms with Crippen molar-refractivity contribution in [3.8, 4) is 0 Å². The van der Waals surface area contributed by atoms with E-state index >= 15 is 0 Å². The first-order valence-electron chi connectivity index (χ1n) is 10.6. The molecule has 0 spiro atoms. The molecular formula is C23H26N2O5S. The van der Waals surface area contributed by atoms with Gasteiger partial charge in [-0.25, -0.2) is 13.2 Å². The third-order valence-electron chi connectivity index (χ3n) is 5.80. The number of rotatable bonds is 5. The normalized spacial score (nSPS) is 19.4. The molecular weight excluding hydrogens is 416 g/mol. The lowest BCUT2D eigenvalue weighted by Crippen LogP contribution is -2.32. The zero-order chi connectivity index (χ0) is 22.0. The standard InChI is InChI=1S/C23H26N2O5S/c1-16-10-11-17(14-21(16)31(28,29)25-12-6-2-3-7-13-25)24-22(26)15-20-18-8-4-5-9-19(18)23(27)30-20/h4-5,8-11,14,20H,2-3,6-7,12-13,15H2,1H3,(H,24,26)/t20-/m0/s1. The van der Waals surface area contributed by atoms with E-state index in [1.165, 1.54) is 6.07 Å². The number of carbonyl (C=O) groups is 2. The van der Waals surface area contributed by atoms with E-state index in [1.807, 2.05) is 0 Å². The molecule has 1 amide bonds. The molecule has 0 aliphatic carbocycles. The summed E-state index contributed by atoms with van der Waals surface area (Å²) in [6, 6.07) is 11.9. The fraction of sp³-hybridized carbons (Fsp3) is 0.391. The van der Waals surface area contributed by atoms with Crippen LogP contribution in [-0.2, 0) is 19.6 Å². The van der Waals surface area contributed by atoms with Gasteiger partial charge in [-0.05, 0) is 43.5 Å². The smallest absolute Gasteiger partial charge is 0.339 e. The van der Waals surface area contributed by atoms with Crippen LogP contribution in [0.25, 0.3) is 0 Å². The topological polar surface area (TPSA) is 92.8 Å². The molecule has 0 radical (unpaired) electrons. The highest BCUT2D eigenvalue weighted by molar-refractivity contribution is 7.89. The van der Waals surface area contributed by atoms with Gasteiger partial charge in [0.05, 0.1) is 16.9 Å². The largest absolute Gasteiger partial charge is 0.453 e. The Morgan fingerprint density at radius 3 is 2.55 bits per heavy atom. The van der Waals surface area contributed by atoms with Crippen molar-refractivity contribution in [2.45, 2.75) is 50.0 Å². The van der Waals surface area contributed by atoms with Crippen LogP contribution in [0.15, 0.2) is 47.4 Å².